The molecule has 0 saturated carbocycles. The highest BCUT2D eigenvalue weighted by atomic mass is 16.5. The number of aromatic nitrogens is 3. The third-order valence-corrected chi connectivity index (χ3v) is 6.81. The maximum atomic E-state index is 13.9. The number of carbonyl (C=O) groups is 2. The Bertz CT molecular complexity index is 1480. The van der Waals surface area contributed by atoms with Gasteiger partial charge in [0.2, 0.25) is 5.78 Å². The number of benzene rings is 2. The summed E-state index contributed by atoms with van der Waals surface area (Å²) in [6, 6.07) is 13.0. The van der Waals surface area contributed by atoms with E-state index in [0.717, 1.165) is 16.7 Å². The molecule has 4 aromatic rings. The van der Waals surface area contributed by atoms with Crippen molar-refractivity contribution in [2.75, 3.05) is 33.4 Å². The Balaban J connectivity index is 1.47. The average Bonchev–Trinajstić information content (AvgIpc) is 3.38. The maximum absolute atomic E-state index is 13.9. The van der Waals surface area contributed by atoms with Crippen LogP contribution in [0.15, 0.2) is 61.1 Å². The molecular weight excluding hydrogens is 486 g/mol. The number of nitrogens with one attached hydrogen (secondary N) is 1. The lowest BCUT2D eigenvalue weighted by Gasteiger charge is -2.38. The monoisotopic (exact) mass is 513 g/mol. The fraction of sp³-hybridized carbons (Fsp3) is 0.286. The summed E-state index contributed by atoms with van der Waals surface area (Å²) in [7, 11) is 1.56. The first kappa shape index (κ1) is 23.8. The normalized spacial score (nSPS) is 17.4. The molecule has 0 fully saturated rings. The van der Waals surface area contributed by atoms with Crippen LogP contribution in [-0.4, -0.2) is 64.5 Å². The van der Waals surface area contributed by atoms with E-state index < -0.39 is 6.04 Å². The molecule has 0 radical (unpaired) electrons. The first-order chi connectivity index (χ1) is 18.6. The molecule has 194 valence electrons. The van der Waals surface area contributed by atoms with E-state index in [9.17, 15) is 9.59 Å². The van der Waals surface area contributed by atoms with Crippen LogP contribution in [0.1, 0.15) is 39.6 Å². The van der Waals surface area contributed by atoms with Gasteiger partial charge in [0.05, 0.1) is 19.8 Å². The van der Waals surface area contributed by atoms with Crippen LogP contribution < -0.4 is 19.5 Å². The molecule has 0 aliphatic carbocycles. The minimum absolute atomic E-state index is 0.120. The molecule has 10 nitrogen and oxygen atoms in total. The minimum atomic E-state index is -0.410. The number of carbonyl (C=O) groups excluding carboxylic acids is 2. The molecule has 1 atom stereocenters. The van der Waals surface area contributed by atoms with Crippen molar-refractivity contribution in [1.29, 1.82) is 0 Å². The predicted molar refractivity (Wildman–Crippen MR) is 138 cm³/mol. The van der Waals surface area contributed by atoms with Crippen LogP contribution in [0.2, 0.25) is 0 Å². The highest BCUT2D eigenvalue weighted by molar-refractivity contribution is 5.93. The zero-order chi connectivity index (χ0) is 26.1. The van der Waals surface area contributed by atoms with E-state index in [1.54, 1.807) is 30.0 Å². The molecule has 2 aromatic carbocycles. The average molecular weight is 514 g/mol. The van der Waals surface area contributed by atoms with Crippen LogP contribution in [0.4, 0.5) is 0 Å². The van der Waals surface area contributed by atoms with Gasteiger partial charge in [-0.25, -0.2) is 9.97 Å². The Morgan fingerprint density at radius 2 is 2.11 bits per heavy atom. The highest BCUT2D eigenvalue weighted by Crippen LogP contribution is 2.42. The lowest BCUT2D eigenvalue weighted by molar-refractivity contribution is -0.123. The smallest absolute Gasteiger partial charge is 0.274 e. The first-order valence-electron chi connectivity index (χ1n) is 12.5. The van der Waals surface area contributed by atoms with Gasteiger partial charge in [0.1, 0.15) is 11.4 Å². The largest absolute Gasteiger partial charge is 0.494 e. The Hall–Kier alpha value is -4.60. The lowest BCUT2D eigenvalue weighted by atomic mass is 9.87. The van der Waals surface area contributed by atoms with Crippen LogP contribution in [0.5, 0.6) is 17.2 Å². The summed E-state index contributed by atoms with van der Waals surface area (Å²) < 4.78 is 19.2. The zero-order valence-electron chi connectivity index (χ0n) is 20.9. The molecule has 1 unspecified atom stereocenters. The van der Waals surface area contributed by atoms with Crippen LogP contribution in [0.25, 0.3) is 5.78 Å². The summed E-state index contributed by atoms with van der Waals surface area (Å²) in [5.74, 6) is 1.75. The van der Waals surface area contributed by atoms with Crippen molar-refractivity contribution in [3.63, 3.8) is 0 Å². The number of rotatable bonds is 2. The molecule has 3 aliphatic heterocycles. The summed E-state index contributed by atoms with van der Waals surface area (Å²) in [6.45, 7) is 1.26. The van der Waals surface area contributed by atoms with E-state index in [-0.39, 0.29) is 18.4 Å². The Morgan fingerprint density at radius 3 is 2.97 bits per heavy atom. The summed E-state index contributed by atoms with van der Waals surface area (Å²) >= 11 is 0. The number of amides is 2. The number of imidazole rings is 1. The molecule has 5 heterocycles. The molecule has 2 amide bonds. The van der Waals surface area contributed by atoms with E-state index in [1.807, 2.05) is 47.5 Å². The van der Waals surface area contributed by atoms with E-state index in [0.29, 0.717) is 61.3 Å². The second-order valence-electron chi connectivity index (χ2n) is 9.22. The number of fused-ring (bicyclic) bond motifs is 9. The van der Waals surface area contributed by atoms with E-state index >= 15 is 0 Å². The molecular formula is C28H27N5O5. The fourth-order valence-electron chi connectivity index (χ4n) is 5.02. The van der Waals surface area contributed by atoms with Crippen molar-refractivity contribution in [2.24, 2.45) is 0 Å². The first-order valence-corrected chi connectivity index (χ1v) is 12.5. The SMILES string of the molecule is COc1cc2c3cc1OCC(=O)NCCCOc1cccc(c1)C2N(C(=O)c1cn2cccnc2n1)CC3. The van der Waals surface area contributed by atoms with Gasteiger partial charge in [-0.1, -0.05) is 12.1 Å². The van der Waals surface area contributed by atoms with Crippen molar-refractivity contribution >= 4 is 17.6 Å². The van der Waals surface area contributed by atoms with Crippen molar-refractivity contribution < 1.29 is 23.8 Å². The Labute approximate surface area is 219 Å². The van der Waals surface area contributed by atoms with Gasteiger partial charge in [-0.05, 0) is 59.9 Å². The van der Waals surface area contributed by atoms with Crippen molar-refractivity contribution in [3.05, 3.63) is 83.4 Å². The van der Waals surface area contributed by atoms with Gasteiger partial charge in [0, 0.05) is 31.7 Å². The zero-order valence-corrected chi connectivity index (χ0v) is 20.9. The molecule has 7 rings (SSSR count). The van der Waals surface area contributed by atoms with Crippen molar-refractivity contribution in [1.82, 2.24) is 24.6 Å². The second kappa shape index (κ2) is 10.0. The van der Waals surface area contributed by atoms with Gasteiger partial charge in [-0.3, -0.25) is 14.0 Å². The third-order valence-electron chi connectivity index (χ3n) is 6.81. The summed E-state index contributed by atoms with van der Waals surface area (Å²) in [6.07, 6.45) is 6.42. The predicted octanol–water partition coefficient (Wildman–Crippen LogP) is 2.80. The van der Waals surface area contributed by atoms with Crippen molar-refractivity contribution in [3.8, 4) is 17.2 Å². The Morgan fingerprint density at radius 1 is 1.18 bits per heavy atom. The molecule has 2 aromatic heterocycles. The molecule has 0 spiro atoms. The molecule has 0 saturated heterocycles. The van der Waals surface area contributed by atoms with Gasteiger partial charge < -0.3 is 24.4 Å². The summed E-state index contributed by atoms with van der Waals surface area (Å²) in [5.41, 5.74) is 3.18. The topological polar surface area (TPSA) is 107 Å². The van der Waals surface area contributed by atoms with Crippen LogP contribution in [-0.2, 0) is 11.2 Å². The lowest BCUT2D eigenvalue weighted by Crippen LogP contribution is -2.41. The minimum Gasteiger partial charge on any atom is -0.494 e. The molecule has 1 N–H and O–H groups in total. The number of methoxy groups -OCH3 is 1. The third kappa shape index (κ3) is 4.49. The molecule has 3 aliphatic rings. The highest BCUT2D eigenvalue weighted by Gasteiger charge is 2.35. The Kier molecular flexibility index (Phi) is 6.28. The number of hydrogen-bond acceptors (Lipinski definition) is 7. The fourth-order valence-corrected chi connectivity index (χ4v) is 5.02. The summed E-state index contributed by atoms with van der Waals surface area (Å²) in [4.78, 5) is 36.8. The van der Waals surface area contributed by atoms with Gasteiger partial charge in [-0.15, -0.1) is 0 Å². The van der Waals surface area contributed by atoms with Gasteiger partial charge in [-0.2, -0.15) is 0 Å². The van der Waals surface area contributed by atoms with Crippen molar-refractivity contribution in [2.45, 2.75) is 18.9 Å². The number of ether oxygens (including phenoxy) is 3. The maximum Gasteiger partial charge on any atom is 0.274 e. The number of nitrogens with zero attached hydrogens (tertiary/aromatic N) is 4. The van der Waals surface area contributed by atoms with Gasteiger partial charge in [0.25, 0.3) is 11.8 Å². The molecule has 10 heteroatoms. The standard InChI is InChI=1S/C28H27N5O5/c1-36-23-15-21-18-7-11-33(27(35)22-16-32-10-3-8-30-28(32)31-22)26(21)19-5-2-6-20(13-19)37-12-4-9-29-25(34)17-38-24(23)14-18/h2-3,5-6,8,10,13-16,26H,4,7,9,11-12,17H2,1H3,(H,29,34). The van der Waals surface area contributed by atoms with Gasteiger partial charge >= 0.3 is 0 Å². The number of hydrogen-bond donors (Lipinski definition) is 1. The molecule has 6 bridgehead atoms. The van der Waals surface area contributed by atoms with E-state index in [4.69, 9.17) is 14.2 Å². The summed E-state index contributed by atoms with van der Waals surface area (Å²) in [5, 5.41) is 2.85. The van der Waals surface area contributed by atoms with Crippen LogP contribution in [0, 0.1) is 0 Å². The van der Waals surface area contributed by atoms with Gasteiger partial charge in [0.15, 0.2) is 18.1 Å². The van der Waals surface area contributed by atoms with E-state index in [2.05, 4.69) is 15.3 Å². The quantitative estimate of drug-likeness (QED) is 0.439. The molecule has 38 heavy (non-hydrogen) atoms. The second-order valence-corrected chi connectivity index (χ2v) is 9.22. The van der Waals surface area contributed by atoms with Crippen LogP contribution in [0.3, 0.4) is 0 Å². The van der Waals surface area contributed by atoms with E-state index in [1.165, 1.54) is 0 Å². The van der Waals surface area contributed by atoms with Crippen LogP contribution >= 0.6 is 0 Å².